The normalized spacial score (nSPS) is 14.6. The van der Waals surface area contributed by atoms with Crippen LogP contribution < -0.4 is 15.5 Å². The molecule has 2 heterocycles. The molecule has 1 fully saturated rings. The summed E-state index contributed by atoms with van der Waals surface area (Å²) in [6, 6.07) is 7.39. The molecule has 0 saturated carbocycles. The Bertz CT molecular complexity index is 711. The van der Waals surface area contributed by atoms with Crippen LogP contribution >= 0.6 is 0 Å². The number of nitrogens with zero attached hydrogens (tertiary/aromatic N) is 4. The fraction of sp³-hybridized carbons (Fsp3) is 0.286. The third kappa shape index (κ3) is 2.90. The zero-order valence-corrected chi connectivity index (χ0v) is 12.1. The molecule has 2 aromatic rings. The highest BCUT2D eigenvalue weighted by Gasteiger charge is 2.20. The molecule has 0 bridgehead atoms. The summed E-state index contributed by atoms with van der Waals surface area (Å²) in [6.45, 7) is 1.56. The molecule has 2 N–H and O–H groups in total. The van der Waals surface area contributed by atoms with E-state index in [9.17, 15) is 9.59 Å². The summed E-state index contributed by atoms with van der Waals surface area (Å²) in [5, 5.41) is 13.1. The van der Waals surface area contributed by atoms with Crippen molar-refractivity contribution in [3.05, 3.63) is 36.2 Å². The highest BCUT2D eigenvalue weighted by molar-refractivity contribution is 6.04. The largest absolute Gasteiger partial charge is 0.359 e. The van der Waals surface area contributed by atoms with Gasteiger partial charge in [0, 0.05) is 20.1 Å². The third-order valence-electron chi connectivity index (χ3n) is 3.37. The Balaban J connectivity index is 1.82. The molecule has 1 aliphatic rings. The van der Waals surface area contributed by atoms with Crippen LogP contribution in [0.5, 0.6) is 0 Å². The molecule has 114 valence electrons. The fourth-order valence-corrected chi connectivity index (χ4v) is 2.34. The first-order valence-corrected chi connectivity index (χ1v) is 6.92. The van der Waals surface area contributed by atoms with E-state index < -0.39 is 0 Å². The summed E-state index contributed by atoms with van der Waals surface area (Å²) < 4.78 is 1.47. The summed E-state index contributed by atoms with van der Waals surface area (Å²) in [4.78, 5) is 25.7. The highest BCUT2D eigenvalue weighted by Crippen LogP contribution is 2.26. The van der Waals surface area contributed by atoms with Gasteiger partial charge in [0.05, 0.1) is 24.1 Å². The third-order valence-corrected chi connectivity index (χ3v) is 3.37. The monoisotopic (exact) mass is 300 g/mol. The van der Waals surface area contributed by atoms with Crippen molar-refractivity contribution in [2.45, 2.75) is 0 Å². The molecular weight excluding hydrogens is 284 g/mol. The summed E-state index contributed by atoms with van der Waals surface area (Å²) in [6.07, 6.45) is 1.55. The molecule has 1 aromatic heterocycles. The summed E-state index contributed by atoms with van der Waals surface area (Å²) in [7, 11) is 1.70. The van der Waals surface area contributed by atoms with Crippen molar-refractivity contribution in [1.82, 2.24) is 20.3 Å². The number of amides is 2. The van der Waals surface area contributed by atoms with Gasteiger partial charge in [-0.05, 0) is 12.1 Å². The van der Waals surface area contributed by atoms with Crippen LogP contribution in [-0.2, 0) is 11.8 Å². The summed E-state index contributed by atoms with van der Waals surface area (Å²) in [5.41, 5.74) is 1.70. The molecule has 0 radical (unpaired) electrons. The molecule has 1 aromatic carbocycles. The van der Waals surface area contributed by atoms with Gasteiger partial charge in [0.1, 0.15) is 0 Å². The van der Waals surface area contributed by atoms with E-state index in [0.717, 1.165) is 5.69 Å². The number of benzene rings is 1. The zero-order valence-electron chi connectivity index (χ0n) is 12.1. The maximum atomic E-state index is 12.2. The van der Waals surface area contributed by atoms with Gasteiger partial charge in [-0.3, -0.25) is 14.3 Å². The molecule has 0 atom stereocenters. The van der Waals surface area contributed by atoms with Crippen LogP contribution in [-0.4, -0.2) is 46.4 Å². The van der Waals surface area contributed by atoms with Gasteiger partial charge in [0.2, 0.25) is 5.91 Å². The van der Waals surface area contributed by atoms with Crippen LogP contribution in [0.4, 0.5) is 11.4 Å². The number of aryl methyl sites for hydroxylation is 1. The van der Waals surface area contributed by atoms with Crippen LogP contribution in [0.1, 0.15) is 10.5 Å². The zero-order chi connectivity index (χ0) is 15.5. The van der Waals surface area contributed by atoms with Crippen molar-refractivity contribution >= 4 is 23.2 Å². The van der Waals surface area contributed by atoms with Gasteiger partial charge < -0.3 is 15.5 Å². The van der Waals surface area contributed by atoms with Crippen LogP contribution in [0.25, 0.3) is 0 Å². The highest BCUT2D eigenvalue weighted by atomic mass is 16.2. The van der Waals surface area contributed by atoms with Crippen LogP contribution in [0.2, 0.25) is 0 Å². The van der Waals surface area contributed by atoms with Crippen molar-refractivity contribution in [1.29, 1.82) is 0 Å². The smallest absolute Gasteiger partial charge is 0.277 e. The molecule has 22 heavy (non-hydrogen) atoms. The number of carbonyl (C=O) groups excluding carboxylic acids is 2. The molecule has 8 heteroatoms. The Morgan fingerprint density at radius 2 is 2.18 bits per heavy atom. The Kier molecular flexibility index (Phi) is 3.73. The van der Waals surface area contributed by atoms with Gasteiger partial charge >= 0.3 is 0 Å². The molecular formula is C14H16N6O2. The lowest BCUT2D eigenvalue weighted by atomic mass is 10.2. The Hall–Kier alpha value is -2.90. The lowest BCUT2D eigenvalue weighted by Gasteiger charge is -2.30. The second-order valence-electron chi connectivity index (χ2n) is 5.02. The first-order chi connectivity index (χ1) is 10.6. The van der Waals surface area contributed by atoms with Crippen LogP contribution in [0.3, 0.4) is 0 Å². The van der Waals surface area contributed by atoms with E-state index in [-0.39, 0.29) is 24.1 Å². The van der Waals surface area contributed by atoms with E-state index in [4.69, 9.17) is 0 Å². The number of nitrogens with one attached hydrogen (secondary N) is 2. The van der Waals surface area contributed by atoms with Crippen LogP contribution in [0, 0.1) is 0 Å². The number of aromatic nitrogens is 3. The SMILES string of the molecule is Cn1cc(C(=O)Nc2ccccc2N2CCNC(=O)C2)nn1. The number of anilines is 2. The van der Waals surface area contributed by atoms with Crippen molar-refractivity contribution in [3.63, 3.8) is 0 Å². The lowest BCUT2D eigenvalue weighted by Crippen LogP contribution is -2.47. The van der Waals surface area contributed by atoms with E-state index in [2.05, 4.69) is 20.9 Å². The summed E-state index contributed by atoms with van der Waals surface area (Å²) in [5.74, 6) is -0.358. The van der Waals surface area contributed by atoms with Gasteiger partial charge in [-0.2, -0.15) is 0 Å². The van der Waals surface area contributed by atoms with E-state index in [1.807, 2.05) is 23.1 Å². The van der Waals surface area contributed by atoms with Crippen LogP contribution in [0.15, 0.2) is 30.5 Å². The lowest BCUT2D eigenvalue weighted by molar-refractivity contribution is -0.120. The Morgan fingerprint density at radius 3 is 2.91 bits per heavy atom. The van der Waals surface area contributed by atoms with Gasteiger partial charge in [0.25, 0.3) is 5.91 Å². The quantitative estimate of drug-likeness (QED) is 0.832. The van der Waals surface area contributed by atoms with Crippen molar-refractivity contribution in [2.24, 2.45) is 7.05 Å². The predicted octanol–water partition coefficient (Wildman–Crippen LogP) is 0.00360. The summed E-state index contributed by atoms with van der Waals surface area (Å²) >= 11 is 0. The standard InChI is InChI=1S/C14H16N6O2/c1-19-8-11(17-18-19)14(22)16-10-4-2-3-5-12(10)20-7-6-15-13(21)9-20/h2-5,8H,6-7,9H2,1H3,(H,15,21)(H,16,22). The molecule has 0 spiro atoms. The molecule has 1 aliphatic heterocycles. The molecule has 0 unspecified atom stereocenters. The van der Waals surface area contributed by atoms with E-state index in [0.29, 0.717) is 18.8 Å². The number of carbonyl (C=O) groups is 2. The fourth-order valence-electron chi connectivity index (χ4n) is 2.34. The maximum absolute atomic E-state index is 12.2. The molecule has 8 nitrogen and oxygen atoms in total. The van der Waals surface area contributed by atoms with Gasteiger partial charge in [0.15, 0.2) is 5.69 Å². The van der Waals surface area contributed by atoms with E-state index >= 15 is 0 Å². The van der Waals surface area contributed by atoms with Gasteiger partial charge in [-0.1, -0.05) is 17.3 Å². The van der Waals surface area contributed by atoms with Crippen molar-refractivity contribution in [2.75, 3.05) is 29.9 Å². The molecule has 1 saturated heterocycles. The van der Waals surface area contributed by atoms with E-state index in [1.165, 1.54) is 4.68 Å². The Labute approximate surface area is 127 Å². The molecule has 2 amide bonds. The minimum Gasteiger partial charge on any atom is -0.359 e. The van der Waals surface area contributed by atoms with Crippen molar-refractivity contribution < 1.29 is 9.59 Å². The number of hydrogen-bond donors (Lipinski definition) is 2. The first-order valence-electron chi connectivity index (χ1n) is 6.92. The maximum Gasteiger partial charge on any atom is 0.277 e. The molecule has 3 rings (SSSR count). The topological polar surface area (TPSA) is 92.2 Å². The minimum absolute atomic E-state index is 0.0266. The van der Waals surface area contributed by atoms with Crippen molar-refractivity contribution in [3.8, 4) is 0 Å². The van der Waals surface area contributed by atoms with E-state index in [1.54, 1.807) is 19.3 Å². The second kappa shape index (κ2) is 5.84. The minimum atomic E-state index is -0.331. The number of rotatable bonds is 3. The average molecular weight is 300 g/mol. The number of para-hydroxylation sites is 2. The number of piperazine rings is 1. The second-order valence-corrected chi connectivity index (χ2v) is 5.02. The first kappa shape index (κ1) is 14.1. The molecule has 0 aliphatic carbocycles. The Morgan fingerprint density at radius 1 is 1.36 bits per heavy atom. The number of hydrogen-bond acceptors (Lipinski definition) is 5. The predicted molar refractivity (Wildman–Crippen MR) is 80.6 cm³/mol. The van der Waals surface area contributed by atoms with Gasteiger partial charge in [-0.25, -0.2) is 0 Å². The van der Waals surface area contributed by atoms with Gasteiger partial charge in [-0.15, -0.1) is 5.10 Å². The average Bonchev–Trinajstić information content (AvgIpc) is 2.94.